The molecule has 74 valence electrons. The third-order valence-electron chi connectivity index (χ3n) is 3.24. The molecule has 14 heavy (non-hydrogen) atoms. The lowest BCUT2D eigenvalue weighted by Crippen LogP contribution is -2.26. The van der Waals surface area contributed by atoms with E-state index < -0.39 is 0 Å². The van der Waals surface area contributed by atoms with Gasteiger partial charge in [0.25, 0.3) is 0 Å². The van der Waals surface area contributed by atoms with E-state index in [1.165, 1.54) is 35.2 Å². The van der Waals surface area contributed by atoms with Crippen LogP contribution >= 0.6 is 0 Å². The summed E-state index contributed by atoms with van der Waals surface area (Å²) in [6, 6.07) is 4.69. The van der Waals surface area contributed by atoms with Gasteiger partial charge < -0.3 is 9.64 Å². The molecule has 2 nitrogen and oxygen atoms in total. The van der Waals surface area contributed by atoms with Gasteiger partial charge in [-0.3, -0.25) is 0 Å². The largest absolute Gasteiger partial charge is 0.372 e. The maximum atomic E-state index is 5.45. The molecule has 0 radical (unpaired) electrons. The minimum Gasteiger partial charge on any atom is -0.372 e. The van der Waals surface area contributed by atoms with Crippen molar-refractivity contribution < 1.29 is 4.74 Å². The van der Waals surface area contributed by atoms with Crippen molar-refractivity contribution in [2.45, 2.75) is 26.2 Å². The van der Waals surface area contributed by atoms with Crippen molar-refractivity contribution in [2.24, 2.45) is 0 Å². The molecule has 1 aromatic rings. The monoisotopic (exact) mass is 189 g/mol. The van der Waals surface area contributed by atoms with Crippen molar-refractivity contribution in [1.82, 2.24) is 4.90 Å². The van der Waals surface area contributed by atoms with Crippen molar-refractivity contribution in [3.8, 4) is 0 Å². The zero-order valence-electron chi connectivity index (χ0n) is 8.55. The molecular weight excluding hydrogens is 174 g/mol. The molecule has 2 heterocycles. The number of fused-ring (bicyclic) bond motifs is 2. The lowest BCUT2D eigenvalue weighted by molar-refractivity contribution is 0.134. The van der Waals surface area contributed by atoms with Crippen LogP contribution in [0.2, 0.25) is 0 Å². The Morgan fingerprint density at radius 1 is 1.07 bits per heavy atom. The Balaban J connectivity index is 2.06. The number of nitrogens with zero attached hydrogens (tertiary/aromatic N) is 1. The van der Waals surface area contributed by atoms with Crippen LogP contribution in [0.4, 0.5) is 0 Å². The number of rotatable bonds is 0. The zero-order chi connectivity index (χ0) is 9.54. The van der Waals surface area contributed by atoms with E-state index in [-0.39, 0.29) is 0 Å². The second kappa shape index (κ2) is 3.07. The van der Waals surface area contributed by atoms with E-state index in [4.69, 9.17) is 4.74 Å². The average Bonchev–Trinajstić information content (AvgIpc) is 2.61. The van der Waals surface area contributed by atoms with E-state index in [9.17, 15) is 0 Å². The minimum atomic E-state index is 0.812. The normalized spacial score (nSPS) is 20.6. The first-order valence-corrected chi connectivity index (χ1v) is 5.23. The van der Waals surface area contributed by atoms with Crippen LogP contribution in [-0.4, -0.2) is 18.5 Å². The van der Waals surface area contributed by atoms with Gasteiger partial charge in [-0.1, -0.05) is 12.1 Å². The molecule has 2 aliphatic rings. The molecular formula is C12H15NO. The van der Waals surface area contributed by atoms with Gasteiger partial charge in [-0.25, -0.2) is 0 Å². The topological polar surface area (TPSA) is 12.5 Å². The Hall–Kier alpha value is -0.860. The lowest BCUT2D eigenvalue weighted by atomic mass is 9.95. The quantitative estimate of drug-likeness (QED) is 0.616. The summed E-state index contributed by atoms with van der Waals surface area (Å²) in [5.74, 6) is 0. The number of benzene rings is 1. The second-order valence-electron chi connectivity index (χ2n) is 4.37. The number of hydrogen-bond acceptors (Lipinski definition) is 2. The van der Waals surface area contributed by atoms with Crippen LogP contribution in [0, 0.1) is 0 Å². The van der Waals surface area contributed by atoms with Crippen molar-refractivity contribution in [3.63, 3.8) is 0 Å². The SMILES string of the molecule is CN1CCc2cc3c(cc2C1)COC3. The summed E-state index contributed by atoms with van der Waals surface area (Å²) in [4.78, 5) is 2.38. The van der Waals surface area contributed by atoms with Crippen molar-refractivity contribution in [3.05, 3.63) is 34.4 Å². The van der Waals surface area contributed by atoms with Crippen LogP contribution in [0.25, 0.3) is 0 Å². The Labute approximate surface area is 84.5 Å². The average molecular weight is 189 g/mol. The first-order valence-electron chi connectivity index (χ1n) is 5.23. The van der Waals surface area contributed by atoms with E-state index in [0.29, 0.717) is 0 Å². The predicted octanol–water partition coefficient (Wildman–Crippen LogP) is 1.70. The molecule has 3 rings (SSSR count). The first-order chi connectivity index (χ1) is 6.83. The number of ether oxygens (including phenoxy) is 1. The van der Waals surface area contributed by atoms with Crippen LogP contribution in [0.1, 0.15) is 22.3 Å². The molecule has 0 spiro atoms. The Morgan fingerprint density at radius 2 is 1.79 bits per heavy atom. The van der Waals surface area contributed by atoms with Crippen LogP contribution < -0.4 is 0 Å². The van der Waals surface area contributed by atoms with Crippen LogP contribution in [0.3, 0.4) is 0 Å². The fraction of sp³-hybridized carbons (Fsp3) is 0.500. The Kier molecular flexibility index (Phi) is 1.85. The zero-order valence-corrected chi connectivity index (χ0v) is 8.55. The molecule has 2 aliphatic heterocycles. The molecule has 0 amide bonds. The highest BCUT2D eigenvalue weighted by molar-refractivity contribution is 5.40. The highest BCUT2D eigenvalue weighted by Gasteiger charge is 2.18. The van der Waals surface area contributed by atoms with Gasteiger partial charge in [0, 0.05) is 13.1 Å². The van der Waals surface area contributed by atoms with E-state index in [0.717, 1.165) is 19.8 Å². The Bertz CT molecular complexity index is 373. The highest BCUT2D eigenvalue weighted by atomic mass is 16.5. The highest BCUT2D eigenvalue weighted by Crippen LogP contribution is 2.27. The van der Waals surface area contributed by atoms with E-state index in [1.807, 2.05) is 0 Å². The van der Waals surface area contributed by atoms with E-state index in [2.05, 4.69) is 24.1 Å². The molecule has 2 heteroatoms. The maximum Gasteiger partial charge on any atom is 0.0725 e. The lowest BCUT2D eigenvalue weighted by Gasteiger charge is -2.25. The van der Waals surface area contributed by atoms with Crippen LogP contribution in [-0.2, 0) is 30.9 Å². The van der Waals surface area contributed by atoms with Gasteiger partial charge in [0.1, 0.15) is 0 Å². The molecule has 1 aromatic carbocycles. The molecule has 0 aliphatic carbocycles. The minimum absolute atomic E-state index is 0.812. The van der Waals surface area contributed by atoms with Crippen molar-refractivity contribution in [2.75, 3.05) is 13.6 Å². The van der Waals surface area contributed by atoms with Gasteiger partial charge in [-0.2, -0.15) is 0 Å². The standard InChI is InChI=1S/C12H15NO/c1-13-3-2-9-4-11-7-14-8-12(11)5-10(9)6-13/h4-5H,2-3,6-8H2,1H3. The fourth-order valence-electron chi connectivity index (χ4n) is 2.39. The summed E-state index contributed by atoms with van der Waals surface area (Å²) in [7, 11) is 2.19. The first kappa shape index (κ1) is 8.45. The molecule has 0 aromatic heterocycles. The van der Waals surface area contributed by atoms with Crippen molar-refractivity contribution >= 4 is 0 Å². The molecule has 0 unspecified atom stereocenters. The summed E-state index contributed by atoms with van der Waals surface area (Å²) >= 11 is 0. The van der Waals surface area contributed by atoms with Gasteiger partial charge in [0.2, 0.25) is 0 Å². The van der Waals surface area contributed by atoms with Gasteiger partial charge in [-0.05, 0) is 35.7 Å². The number of hydrogen-bond donors (Lipinski definition) is 0. The smallest absolute Gasteiger partial charge is 0.0725 e. The fourth-order valence-corrected chi connectivity index (χ4v) is 2.39. The predicted molar refractivity (Wildman–Crippen MR) is 55.0 cm³/mol. The van der Waals surface area contributed by atoms with Crippen molar-refractivity contribution in [1.29, 1.82) is 0 Å². The Morgan fingerprint density at radius 3 is 2.57 bits per heavy atom. The molecule has 0 fully saturated rings. The summed E-state index contributed by atoms with van der Waals surface area (Å²) in [5.41, 5.74) is 5.85. The molecule has 0 saturated heterocycles. The molecule has 0 atom stereocenters. The van der Waals surface area contributed by atoms with Gasteiger partial charge >= 0.3 is 0 Å². The summed E-state index contributed by atoms with van der Waals surface area (Å²) < 4.78 is 5.45. The van der Waals surface area contributed by atoms with Gasteiger partial charge in [0.05, 0.1) is 13.2 Å². The van der Waals surface area contributed by atoms with E-state index in [1.54, 1.807) is 0 Å². The number of likely N-dealkylation sites (N-methyl/N-ethyl adjacent to an activating group) is 1. The molecule has 0 saturated carbocycles. The maximum absolute atomic E-state index is 5.45. The van der Waals surface area contributed by atoms with Crippen LogP contribution in [0.5, 0.6) is 0 Å². The van der Waals surface area contributed by atoms with Gasteiger partial charge in [-0.15, -0.1) is 0 Å². The molecule has 0 N–H and O–H groups in total. The summed E-state index contributed by atoms with van der Waals surface area (Å²) in [6.45, 7) is 3.92. The third-order valence-corrected chi connectivity index (χ3v) is 3.24. The van der Waals surface area contributed by atoms with Crippen LogP contribution in [0.15, 0.2) is 12.1 Å². The molecule has 0 bridgehead atoms. The third kappa shape index (κ3) is 1.26. The summed E-state index contributed by atoms with van der Waals surface area (Å²) in [5, 5.41) is 0. The summed E-state index contributed by atoms with van der Waals surface area (Å²) in [6.07, 6.45) is 1.19. The van der Waals surface area contributed by atoms with Gasteiger partial charge in [0.15, 0.2) is 0 Å². The van der Waals surface area contributed by atoms with E-state index >= 15 is 0 Å². The second-order valence-corrected chi connectivity index (χ2v) is 4.37.